The Balaban J connectivity index is 1.41. The molecule has 156 valence electrons. The van der Waals surface area contributed by atoms with Crippen LogP contribution in [0.2, 0.25) is 0 Å². The van der Waals surface area contributed by atoms with Gasteiger partial charge in [0.2, 0.25) is 0 Å². The Morgan fingerprint density at radius 1 is 1.13 bits per heavy atom. The molecule has 0 atom stereocenters. The van der Waals surface area contributed by atoms with Crippen LogP contribution in [0.15, 0.2) is 53.8 Å². The topological polar surface area (TPSA) is 76.4 Å². The smallest absolute Gasteiger partial charge is 0.191 e. The molecule has 30 heavy (non-hydrogen) atoms. The maximum atomic E-state index is 5.72. The van der Waals surface area contributed by atoms with Crippen LogP contribution in [0.5, 0.6) is 5.75 Å². The summed E-state index contributed by atoms with van der Waals surface area (Å²) in [6, 6.07) is 15.1. The fraction of sp³-hybridized carbons (Fsp3) is 0.348. The van der Waals surface area contributed by atoms with Gasteiger partial charge in [0, 0.05) is 13.6 Å². The zero-order chi connectivity index (χ0) is 20.8. The molecule has 1 aliphatic heterocycles. The normalized spacial score (nSPS) is 13.5. The first-order valence-electron chi connectivity index (χ1n) is 10.4. The summed E-state index contributed by atoms with van der Waals surface area (Å²) < 4.78 is 7.47. The van der Waals surface area contributed by atoms with Crippen molar-refractivity contribution < 1.29 is 4.74 Å². The predicted molar refractivity (Wildman–Crippen MR) is 118 cm³/mol. The number of hydrogen-bond donors (Lipinski definition) is 2. The van der Waals surface area contributed by atoms with Crippen molar-refractivity contribution >= 4 is 5.96 Å². The van der Waals surface area contributed by atoms with Crippen LogP contribution >= 0.6 is 0 Å². The average Bonchev–Trinajstić information content (AvgIpc) is 3.20. The van der Waals surface area contributed by atoms with E-state index in [4.69, 9.17) is 9.73 Å². The molecule has 0 fully saturated rings. The molecule has 2 heterocycles. The summed E-state index contributed by atoms with van der Waals surface area (Å²) in [4.78, 5) is 8.92. The Kier molecular flexibility index (Phi) is 6.27. The van der Waals surface area contributed by atoms with E-state index in [1.807, 2.05) is 7.05 Å². The Hall–Kier alpha value is -3.35. The molecular weight excluding hydrogens is 376 g/mol. The molecule has 4 rings (SSSR count). The Morgan fingerprint density at radius 3 is 2.73 bits per heavy atom. The minimum absolute atomic E-state index is 0.573. The molecule has 1 aliphatic rings. The van der Waals surface area contributed by atoms with Crippen LogP contribution in [0.4, 0.5) is 0 Å². The number of guanidine groups is 1. The molecule has 2 aromatic carbocycles. The molecule has 7 heteroatoms. The van der Waals surface area contributed by atoms with Crippen LogP contribution < -0.4 is 15.4 Å². The lowest BCUT2D eigenvalue weighted by Crippen LogP contribution is -2.37. The summed E-state index contributed by atoms with van der Waals surface area (Å²) in [6.45, 7) is 4.85. The highest BCUT2D eigenvalue weighted by Gasteiger charge is 2.11. The molecule has 0 amide bonds. The van der Waals surface area contributed by atoms with Gasteiger partial charge in [0.1, 0.15) is 17.9 Å². The second kappa shape index (κ2) is 9.43. The number of aliphatic imine (C=N–C) groups is 1. The first-order valence-corrected chi connectivity index (χ1v) is 10.4. The largest absolute Gasteiger partial charge is 0.493 e. The average molecular weight is 405 g/mol. The summed E-state index contributed by atoms with van der Waals surface area (Å²) in [5, 5.41) is 10.7. The zero-order valence-corrected chi connectivity index (χ0v) is 17.6. The first-order chi connectivity index (χ1) is 14.7. The third-order valence-electron chi connectivity index (χ3n) is 5.18. The summed E-state index contributed by atoms with van der Waals surface area (Å²) in [5.41, 5.74) is 4.91. The molecule has 2 N–H and O–H groups in total. The van der Waals surface area contributed by atoms with E-state index in [1.165, 1.54) is 16.7 Å². The van der Waals surface area contributed by atoms with Crippen LogP contribution in [0.25, 0.3) is 11.1 Å². The monoisotopic (exact) mass is 404 g/mol. The van der Waals surface area contributed by atoms with Crippen molar-refractivity contribution in [3.8, 4) is 16.9 Å². The second-order valence-corrected chi connectivity index (χ2v) is 7.32. The molecule has 1 aromatic heterocycles. The highest BCUT2D eigenvalue weighted by Crippen LogP contribution is 2.30. The fourth-order valence-corrected chi connectivity index (χ4v) is 3.50. The zero-order valence-electron chi connectivity index (χ0n) is 17.6. The van der Waals surface area contributed by atoms with Crippen molar-refractivity contribution in [2.24, 2.45) is 12.0 Å². The van der Waals surface area contributed by atoms with Gasteiger partial charge in [-0.25, -0.2) is 9.98 Å². The third kappa shape index (κ3) is 4.79. The van der Waals surface area contributed by atoms with Crippen molar-refractivity contribution in [2.45, 2.75) is 32.9 Å². The fourth-order valence-electron chi connectivity index (χ4n) is 3.50. The van der Waals surface area contributed by atoms with Crippen LogP contribution in [0, 0.1) is 0 Å². The van der Waals surface area contributed by atoms with Crippen LogP contribution in [-0.2, 0) is 26.6 Å². The number of nitrogens with zero attached hydrogens (tertiary/aromatic N) is 4. The highest BCUT2D eigenvalue weighted by atomic mass is 16.5. The molecule has 0 aliphatic carbocycles. The quantitative estimate of drug-likeness (QED) is 0.488. The number of rotatable bonds is 6. The third-order valence-corrected chi connectivity index (χ3v) is 5.18. The van der Waals surface area contributed by atoms with Gasteiger partial charge in [-0.2, -0.15) is 5.10 Å². The number of hydrogen-bond acceptors (Lipinski definition) is 4. The number of fused-ring (bicyclic) bond motifs is 1. The first kappa shape index (κ1) is 19.9. The van der Waals surface area contributed by atoms with Crippen LogP contribution in [0.3, 0.4) is 0 Å². The van der Waals surface area contributed by atoms with Gasteiger partial charge in [0.25, 0.3) is 0 Å². The van der Waals surface area contributed by atoms with Crippen molar-refractivity contribution in [1.82, 2.24) is 25.4 Å². The minimum atomic E-state index is 0.573. The number of benzene rings is 2. The number of aromatic nitrogens is 3. The lowest BCUT2D eigenvalue weighted by molar-refractivity contribution is 0.288. The lowest BCUT2D eigenvalue weighted by atomic mass is 9.98. The van der Waals surface area contributed by atoms with Crippen LogP contribution in [0.1, 0.15) is 30.3 Å². The van der Waals surface area contributed by atoms with Crippen molar-refractivity contribution in [2.75, 3.05) is 13.2 Å². The van der Waals surface area contributed by atoms with Gasteiger partial charge < -0.3 is 15.4 Å². The molecule has 0 spiro atoms. The van der Waals surface area contributed by atoms with E-state index < -0.39 is 0 Å². The molecule has 3 aromatic rings. The van der Waals surface area contributed by atoms with E-state index in [0.29, 0.717) is 13.1 Å². The van der Waals surface area contributed by atoms with Gasteiger partial charge in [-0.1, -0.05) is 30.3 Å². The van der Waals surface area contributed by atoms with Crippen molar-refractivity contribution in [3.63, 3.8) is 0 Å². The second-order valence-electron chi connectivity index (χ2n) is 7.32. The van der Waals surface area contributed by atoms with E-state index in [-0.39, 0.29) is 0 Å². The van der Waals surface area contributed by atoms with Gasteiger partial charge in [-0.3, -0.25) is 4.68 Å². The predicted octanol–water partition coefficient (Wildman–Crippen LogP) is 3.06. The molecule has 0 bridgehead atoms. The molecule has 7 nitrogen and oxygen atoms in total. The van der Waals surface area contributed by atoms with E-state index in [0.717, 1.165) is 49.1 Å². The van der Waals surface area contributed by atoms with E-state index in [1.54, 1.807) is 11.0 Å². The number of aryl methyl sites for hydroxylation is 2. The Labute approximate surface area is 177 Å². The summed E-state index contributed by atoms with van der Waals surface area (Å²) in [7, 11) is 1.88. The highest BCUT2D eigenvalue weighted by molar-refractivity contribution is 5.79. The Morgan fingerprint density at radius 2 is 1.97 bits per heavy atom. The van der Waals surface area contributed by atoms with Gasteiger partial charge in [-0.15, -0.1) is 0 Å². The molecule has 0 unspecified atom stereocenters. The van der Waals surface area contributed by atoms with E-state index >= 15 is 0 Å². The summed E-state index contributed by atoms with van der Waals surface area (Å²) in [5.74, 6) is 2.65. The maximum Gasteiger partial charge on any atom is 0.191 e. The molecule has 0 radical (unpaired) electrons. The molecule has 0 saturated heterocycles. The molecular formula is C23H28N6O. The number of ether oxygens (including phenoxy) is 1. The maximum absolute atomic E-state index is 5.72. The van der Waals surface area contributed by atoms with Gasteiger partial charge in [-0.05, 0) is 54.2 Å². The SMILES string of the molecule is CCNC(=NCc1ccc(-c2ccc3c(c2)CCCO3)cc1)NCc1ncnn1C. The van der Waals surface area contributed by atoms with Gasteiger partial charge in [0.15, 0.2) is 5.96 Å². The summed E-state index contributed by atoms with van der Waals surface area (Å²) in [6.07, 6.45) is 3.73. The summed E-state index contributed by atoms with van der Waals surface area (Å²) >= 11 is 0. The Bertz CT molecular complexity index is 1010. The van der Waals surface area contributed by atoms with E-state index in [2.05, 4.69) is 70.1 Å². The molecule has 0 saturated carbocycles. The standard InChI is InChI=1S/C23H28N6O/c1-3-24-23(26-15-22-27-16-28-29(22)2)25-14-17-6-8-18(9-7-17)19-10-11-21-20(13-19)5-4-12-30-21/h6-11,13,16H,3-5,12,14-15H2,1-2H3,(H2,24,25,26). The van der Waals surface area contributed by atoms with E-state index in [9.17, 15) is 0 Å². The van der Waals surface area contributed by atoms with Gasteiger partial charge >= 0.3 is 0 Å². The van der Waals surface area contributed by atoms with Gasteiger partial charge in [0.05, 0.1) is 19.7 Å². The minimum Gasteiger partial charge on any atom is -0.493 e. The van der Waals surface area contributed by atoms with Crippen LogP contribution in [-0.4, -0.2) is 33.9 Å². The number of nitrogens with one attached hydrogen (secondary N) is 2. The lowest BCUT2D eigenvalue weighted by Gasteiger charge is -2.18. The van der Waals surface area contributed by atoms with Crippen molar-refractivity contribution in [3.05, 3.63) is 65.7 Å². The van der Waals surface area contributed by atoms with Crippen molar-refractivity contribution in [1.29, 1.82) is 0 Å².